The van der Waals surface area contributed by atoms with Crippen molar-refractivity contribution in [3.63, 3.8) is 0 Å². The Kier molecular flexibility index (Phi) is 12.1. The Labute approximate surface area is 308 Å². The first-order chi connectivity index (χ1) is 25.6. The molecule has 274 valence electrons. The smallest absolute Gasteiger partial charge is 0.416 e. The van der Waals surface area contributed by atoms with Crippen molar-refractivity contribution in [2.75, 3.05) is 33.4 Å². The number of benzene rings is 5. The number of nitrogens with one attached hydrogen (secondary N) is 1. The standard InChI is InChI=1S/C44H43F3N2O4/c1-30(32-11-4-3-5-12-32)49(29-41(52-2)34-13-10-14-35(27-34)44(45,46)47)25-26-53-43(51)33-21-19-31(20-22-33)23-24-48-42(50)28-40-38-17-8-6-15-36(38)37-16-7-9-18-39(37)40/h3-22,27,30,40-41H,23-26,28-29H2,1-2H3,(H,48,50)/t30-,41?/m1/s1. The summed E-state index contributed by atoms with van der Waals surface area (Å²) >= 11 is 0. The summed E-state index contributed by atoms with van der Waals surface area (Å²) in [6.07, 6.45) is -4.13. The van der Waals surface area contributed by atoms with Crippen LogP contribution in [0.4, 0.5) is 13.2 Å². The van der Waals surface area contributed by atoms with Gasteiger partial charge in [-0.05, 0) is 76.6 Å². The van der Waals surface area contributed by atoms with E-state index in [0.717, 1.165) is 23.3 Å². The van der Waals surface area contributed by atoms with E-state index in [0.29, 0.717) is 37.1 Å². The Morgan fingerprint density at radius 3 is 2.06 bits per heavy atom. The maximum atomic E-state index is 13.5. The number of amides is 1. The summed E-state index contributed by atoms with van der Waals surface area (Å²) < 4.78 is 51.7. The number of hydrogen-bond donors (Lipinski definition) is 1. The van der Waals surface area contributed by atoms with Gasteiger partial charge in [-0.1, -0.05) is 103 Å². The van der Waals surface area contributed by atoms with Crippen LogP contribution in [0.3, 0.4) is 0 Å². The normalized spacial score (nSPS) is 13.6. The van der Waals surface area contributed by atoms with Crippen molar-refractivity contribution in [3.8, 4) is 11.1 Å². The molecule has 1 aliphatic carbocycles. The number of nitrogens with zero attached hydrogens (tertiary/aromatic N) is 1. The van der Waals surface area contributed by atoms with Crippen LogP contribution < -0.4 is 5.32 Å². The molecule has 0 aliphatic heterocycles. The summed E-state index contributed by atoms with van der Waals surface area (Å²) in [6.45, 7) is 3.15. The van der Waals surface area contributed by atoms with E-state index in [9.17, 15) is 22.8 Å². The lowest BCUT2D eigenvalue weighted by Crippen LogP contribution is -2.35. The van der Waals surface area contributed by atoms with Crippen molar-refractivity contribution >= 4 is 11.9 Å². The minimum atomic E-state index is -4.47. The molecule has 0 heterocycles. The fourth-order valence-corrected chi connectivity index (χ4v) is 7.06. The van der Waals surface area contributed by atoms with Gasteiger partial charge >= 0.3 is 12.1 Å². The van der Waals surface area contributed by atoms with Gasteiger partial charge in [-0.15, -0.1) is 0 Å². The number of methoxy groups -OCH3 is 1. The molecule has 1 aliphatic rings. The average molecular weight is 721 g/mol. The zero-order valence-corrected chi connectivity index (χ0v) is 29.8. The lowest BCUT2D eigenvalue weighted by molar-refractivity contribution is -0.137. The van der Waals surface area contributed by atoms with Crippen LogP contribution in [0.2, 0.25) is 0 Å². The Morgan fingerprint density at radius 1 is 0.792 bits per heavy atom. The molecule has 0 bridgehead atoms. The highest BCUT2D eigenvalue weighted by Gasteiger charge is 2.32. The second-order valence-electron chi connectivity index (χ2n) is 13.3. The molecule has 1 N–H and O–H groups in total. The van der Waals surface area contributed by atoms with Gasteiger partial charge in [0.2, 0.25) is 5.91 Å². The molecule has 0 radical (unpaired) electrons. The van der Waals surface area contributed by atoms with Crippen LogP contribution in [0.15, 0.2) is 127 Å². The number of ether oxygens (including phenoxy) is 2. The summed E-state index contributed by atoms with van der Waals surface area (Å²) in [4.78, 5) is 28.1. The predicted octanol–water partition coefficient (Wildman–Crippen LogP) is 9.17. The Balaban J connectivity index is 1.01. The van der Waals surface area contributed by atoms with Gasteiger partial charge in [0.15, 0.2) is 0 Å². The highest BCUT2D eigenvalue weighted by Crippen LogP contribution is 2.46. The molecule has 9 heteroatoms. The lowest BCUT2D eigenvalue weighted by atomic mass is 9.93. The summed E-state index contributed by atoms with van der Waals surface area (Å²) in [5.41, 5.74) is 6.80. The minimum Gasteiger partial charge on any atom is -0.461 e. The van der Waals surface area contributed by atoms with Crippen molar-refractivity contribution in [1.82, 2.24) is 10.2 Å². The Bertz CT molecular complexity index is 1950. The monoisotopic (exact) mass is 720 g/mol. The molecule has 0 saturated heterocycles. The van der Waals surface area contributed by atoms with E-state index >= 15 is 0 Å². The van der Waals surface area contributed by atoms with E-state index in [1.807, 2.05) is 78.6 Å². The maximum absolute atomic E-state index is 13.5. The van der Waals surface area contributed by atoms with Gasteiger partial charge in [0.05, 0.1) is 17.2 Å². The molecule has 2 atom stereocenters. The number of carbonyl (C=O) groups is 2. The number of carbonyl (C=O) groups excluding carboxylic acids is 2. The van der Waals surface area contributed by atoms with Crippen LogP contribution >= 0.6 is 0 Å². The SMILES string of the molecule is COC(CN(CCOC(=O)c1ccc(CCNC(=O)CC2c3ccccc3-c3ccccc32)cc1)[C@H](C)c1ccccc1)c1cccc(C(F)(F)F)c1. The molecule has 1 amide bonds. The van der Waals surface area contributed by atoms with E-state index in [-0.39, 0.29) is 31.0 Å². The number of alkyl halides is 3. The van der Waals surface area contributed by atoms with Gasteiger partial charge in [-0.25, -0.2) is 4.79 Å². The zero-order valence-electron chi connectivity index (χ0n) is 29.8. The first-order valence-electron chi connectivity index (χ1n) is 17.8. The maximum Gasteiger partial charge on any atom is 0.416 e. The molecule has 5 aromatic rings. The van der Waals surface area contributed by atoms with Crippen LogP contribution in [0.1, 0.15) is 75.1 Å². The molecule has 1 unspecified atom stereocenters. The molecule has 53 heavy (non-hydrogen) atoms. The van der Waals surface area contributed by atoms with E-state index < -0.39 is 23.8 Å². The molecule has 0 aromatic heterocycles. The van der Waals surface area contributed by atoms with E-state index in [2.05, 4.69) is 29.6 Å². The van der Waals surface area contributed by atoms with Crippen LogP contribution in [0, 0.1) is 0 Å². The van der Waals surface area contributed by atoms with E-state index in [1.54, 1.807) is 18.2 Å². The first-order valence-corrected chi connectivity index (χ1v) is 17.8. The number of halogens is 3. The molecular weight excluding hydrogens is 677 g/mol. The molecule has 5 aromatic carbocycles. The third kappa shape index (κ3) is 9.22. The number of fused-ring (bicyclic) bond motifs is 3. The minimum absolute atomic E-state index is 0.0102. The van der Waals surface area contributed by atoms with Crippen molar-refractivity contribution in [3.05, 3.63) is 166 Å². The van der Waals surface area contributed by atoms with Crippen LogP contribution in [-0.2, 0) is 26.9 Å². The third-order valence-electron chi connectivity index (χ3n) is 9.99. The van der Waals surface area contributed by atoms with Gasteiger partial charge in [0, 0.05) is 45.1 Å². The van der Waals surface area contributed by atoms with Gasteiger partial charge in [0.1, 0.15) is 6.61 Å². The topological polar surface area (TPSA) is 67.9 Å². The second kappa shape index (κ2) is 17.1. The molecule has 0 fully saturated rings. The zero-order chi connectivity index (χ0) is 37.4. The number of rotatable bonds is 15. The van der Waals surface area contributed by atoms with Crippen LogP contribution in [-0.4, -0.2) is 50.1 Å². The highest BCUT2D eigenvalue weighted by molar-refractivity contribution is 5.89. The summed E-state index contributed by atoms with van der Waals surface area (Å²) in [6, 6.07) is 38.4. The molecule has 0 saturated carbocycles. The summed E-state index contributed by atoms with van der Waals surface area (Å²) in [5.74, 6) is -0.461. The fourth-order valence-electron chi connectivity index (χ4n) is 7.06. The fraction of sp³-hybridized carbons (Fsp3) is 0.273. The van der Waals surface area contributed by atoms with Crippen molar-refractivity contribution in [2.45, 2.75) is 44.0 Å². The van der Waals surface area contributed by atoms with Crippen molar-refractivity contribution in [1.29, 1.82) is 0 Å². The molecule has 6 nitrogen and oxygen atoms in total. The van der Waals surface area contributed by atoms with Crippen LogP contribution in [0.25, 0.3) is 11.1 Å². The first kappa shape index (κ1) is 37.5. The van der Waals surface area contributed by atoms with Gasteiger partial charge in [-0.2, -0.15) is 13.2 Å². The van der Waals surface area contributed by atoms with Crippen molar-refractivity contribution in [2.24, 2.45) is 0 Å². The molecule has 6 rings (SSSR count). The van der Waals surface area contributed by atoms with Gasteiger partial charge < -0.3 is 14.8 Å². The lowest BCUT2D eigenvalue weighted by Gasteiger charge is -2.32. The van der Waals surface area contributed by atoms with Gasteiger partial charge in [0.25, 0.3) is 0 Å². The Morgan fingerprint density at radius 2 is 1.42 bits per heavy atom. The quantitative estimate of drug-likeness (QED) is 0.109. The molecule has 0 spiro atoms. The summed E-state index contributed by atoms with van der Waals surface area (Å²) in [5, 5.41) is 3.06. The van der Waals surface area contributed by atoms with E-state index in [4.69, 9.17) is 9.47 Å². The highest BCUT2D eigenvalue weighted by atomic mass is 19.4. The largest absolute Gasteiger partial charge is 0.461 e. The third-order valence-corrected chi connectivity index (χ3v) is 9.99. The number of esters is 1. The predicted molar refractivity (Wildman–Crippen MR) is 199 cm³/mol. The van der Waals surface area contributed by atoms with Crippen LogP contribution in [0.5, 0.6) is 0 Å². The van der Waals surface area contributed by atoms with Crippen molar-refractivity contribution < 1.29 is 32.2 Å². The average Bonchev–Trinajstić information content (AvgIpc) is 3.49. The van der Waals surface area contributed by atoms with E-state index in [1.165, 1.54) is 35.4 Å². The second-order valence-corrected chi connectivity index (χ2v) is 13.3. The number of hydrogen-bond acceptors (Lipinski definition) is 5. The molecular formula is C44H43F3N2O4. The summed E-state index contributed by atoms with van der Waals surface area (Å²) in [7, 11) is 1.47. The Hall–Kier alpha value is -5.25. The van der Waals surface area contributed by atoms with Gasteiger partial charge in [-0.3, -0.25) is 9.69 Å².